The normalized spacial score (nSPS) is 44.1. The molecule has 2 heterocycles. The summed E-state index contributed by atoms with van der Waals surface area (Å²) >= 11 is 0. The lowest BCUT2D eigenvalue weighted by molar-refractivity contribution is -0.119. The van der Waals surface area contributed by atoms with Crippen LogP contribution < -0.4 is 5.32 Å². The van der Waals surface area contributed by atoms with E-state index in [2.05, 4.69) is 5.32 Å². The van der Waals surface area contributed by atoms with Crippen LogP contribution in [0.2, 0.25) is 0 Å². The summed E-state index contributed by atoms with van der Waals surface area (Å²) in [6.45, 7) is 1.41. The predicted molar refractivity (Wildman–Crippen MR) is 61.6 cm³/mol. The largest absolute Gasteiger partial charge is 0.395 e. The Bertz CT molecular complexity index is 327. The number of hydrogen-bond acceptors (Lipinski definition) is 6. The number of carbonyl (C=O) groups is 1. The van der Waals surface area contributed by atoms with Crippen LogP contribution in [0.25, 0.3) is 0 Å². The van der Waals surface area contributed by atoms with Crippen LogP contribution in [0.4, 0.5) is 0 Å². The first-order chi connectivity index (χ1) is 8.47. The topological polar surface area (TPSA) is 113 Å². The van der Waals surface area contributed by atoms with Crippen molar-refractivity contribution in [3.8, 4) is 0 Å². The zero-order valence-electron chi connectivity index (χ0n) is 10.2. The summed E-state index contributed by atoms with van der Waals surface area (Å²) in [6.07, 6.45) is -2.50. The Balaban J connectivity index is 2.15. The van der Waals surface area contributed by atoms with Crippen LogP contribution in [-0.2, 0) is 4.79 Å². The molecule has 0 saturated carbocycles. The molecule has 0 aromatic carbocycles. The Labute approximate surface area is 105 Å². The van der Waals surface area contributed by atoms with Crippen molar-refractivity contribution in [2.24, 2.45) is 0 Å². The molecule has 0 bridgehead atoms. The fourth-order valence-corrected chi connectivity index (χ4v) is 3.13. The second-order valence-electron chi connectivity index (χ2n) is 5.06. The van der Waals surface area contributed by atoms with Gasteiger partial charge in [-0.3, -0.25) is 9.69 Å². The van der Waals surface area contributed by atoms with Crippen LogP contribution in [0.1, 0.15) is 13.3 Å². The quantitative estimate of drug-likeness (QED) is 0.370. The highest BCUT2D eigenvalue weighted by Crippen LogP contribution is 2.37. The van der Waals surface area contributed by atoms with Gasteiger partial charge in [0.2, 0.25) is 5.91 Å². The molecule has 2 aliphatic rings. The lowest BCUT2D eigenvalue weighted by Crippen LogP contribution is -2.49. The zero-order chi connectivity index (χ0) is 13.4. The average molecular weight is 260 g/mol. The van der Waals surface area contributed by atoms with E-state index in [0.717, 1.165) is 0 Å². The molecule has 0 aromatic heterocycles. The molecular weight excluding hydrogens is 240 g/mol. The van der Waals surface area contributed by atoms with Gasteiger partial charge in [-0.15, -0.1) is 0 Å². The number of carbonyl (C=O) groups excluding carboxylic acids is 1. The summed E-state index contributed by atoms with van der Waals surface area (Å²) in [5, 5.41) is 41.7. The Morgan fingerprint density at radius 3 is 2.56 bits per heavy atom. The van der Waals surface area contributed by atoms with Gasteiger partial charge in [0.1, 0.15) is 0 Å². The van der Waals surface area contributed by atoms with Gasteiger partial charge < -0.3 is 25.7 Å². The van der Waals surface area contributed by atoms with Crippen molar-refractivity contribution in [2.45, 2.75) is 49.8 Å². The molecule has 1 amide bonds. The third kappa shape index (κ3) is 2.12. The summed E-state index contributed by atoms with van der Waals surface area (Å²) in [7, 11) is 0. The van der Waals surface area contributed by atoms with Crippen LogP contribution in [0, 0.1) is 0 Å². The number of nitrogens with one attached hydrogen (secondary N) is 1. The Morgan fingerprint density at radius 2 is 2.00 bits per heavy atom. The minimum Gasteiger partial charge on any atom is -0.395 e. The molecular formula is C11H20N2O5. The summed E-state index contributed by atoms with van der Waals surface area (Å²) in [5.74, 6) is -0.222. The number of fused-ring (bicyclic) bond motifs is 1. The number of aliphatic hydroxyl groups is 4. The average Bonchev–Trinajstić information content (AvgIpc) is 2.76. The van der Waals surface area contributed by atoms with Crippen LogP contribution in [0.3, 0.4) is 0 Å². The van der Waals surface area contributed by atoms with Gasteiger partial charge in [-0.25, -0.2) is 0 Å². The number of nitrogens with zero attached hydrogens (tertiary/aromatic N) is 1. The molecule has 18 heavy (non-hydrogen) atoms. The monoisotopic (exact) mass is 260 g/mol. The Hall–Kier alpha value is -0.730. The van der Waals surface area contributed by atoms with Crippen molar-refractivity contribution in [1.29, 1.82) is 0 Å². The van der Waals surface area contributed by atoms with Gasteiger partial charge >= 0.3 is 0 Å². The molecule has 5 N–H and O–H groups in total. The summed E-state index contributed by atoms with van der Waals surface area (Å²) in [5.41, 5.74) is 0. The molecule has 0 radical (unpaired) electrons. The molecule has 2 rings (SSSR count). The number of aliphatic hydroxyl groups excluding tert-OH is 4. The van der Waals surface area contributed by atoms with Gasteiger partial charge in [0.05, 0.1) is 37.0 Å². The first-order valence-electron chi connectivity index (χ1n) is 6.14. The van der Waals surface area contributed by atoms with Crippen LogP contribution in [0.5, 0.6) is 0 Å². The van der Waals surface area contributed by atoms with Gasteiger partial charge in [0.25, 0.3) is 0 Å². The van der Waals surface area contributed by atoms with Gasteiger partial charge in [0, 0.05) is 19.5 Å². The van der Waals surface area contributed by atoms with Crippen molar-refractivity contribution >= 4 is 5.91 Å². The second-order valence-corrected chi connectivity index (χ2v) is 5.06. The first kappa shape index (κ1) is 13.7. The Kier molecular flexibility index (Phi) is 3.88. The van der Waals surface area contributed by atoms with E-state index in [9.17, 15) is 25.2 Å². The molecule has 7 heteroatoms. The van der Waals surface area contributed by atoms with Crippen LogP contribution in [-0.4, -0.2) is 80.8 Å². The van der Waals surface area contributed by atoms with Crippen molar-refractivity contribution in [3.63, 3.8) is 0 Å². The van der Waals surface area contributed by atoms with Gasteiger partial charge in [-0.2, -0.15) is 0 Å². The first-order valence-corrected chi connectivity index (χ1v) is 6.14. The van der Waals surface area contributed by atoms with E-state index < -0.39 is 30.4 Å². The molecule has 2 aliphatic heterocycles. The maximum absolute atomic E-state index is 10.9. The van der Waals surface area contributed by atoms with E-state index in [1.807, 2.05) is 0 Å². The van der Waals surface area contributed by atoms with E-state index in [0.29, 0.717) is 6.42 Å². The van der Waals surface area contributed by atoms with E-state index in [1.165, 1.54) is 6.92 Å². The maximum Gasteiger partial charge on any atom is 0.216 e. The molecule has 0 aromatic rings. The summed E-state index contributed by atoms with van der Waals surface area (Å²) < 4.78 is 0. The zero-order valence-corrected chi connectivity index (χ0v) is 10.2. The molecule has 104 valence electrons. The highest BCUT2D eigenvalue weighted by atomic mass is 16.3. The van der Waals surface area contributed by atoms with Crippen molar-refractivity contribution in [1.82, 2.24) is 10.2 Å². The SMILES string of the molecule is CC(=O)NC[C@H]1[C@@H](O)[C@H](O)[C@@H]2[C@H](O)C[C@@H](CO)N21. The predicted octanol–water partition coefficient (Wildman–Crippen LogP) is -2.98. The minimum atomic E-state index is -1.06. The Morgan fingerprint density at radius 1 is 1.33 bits per heavy atom. The standard InChI is InChI=1S/C11H20N2O5/c1-5(15)12-3-7-10(17)11(18)9-8(16)2-6(4-14)13(7)9/h6-11,14,16-18H,2-4H2,1H3,(H,12,15)/t6-,7-,8+,9-,10+,11+/m0/s1. The van der Waals surface area contributed by atoms with Gasteiger partial charge in [-0.1, -0.05) is 0 Å². The third-order valence-electron chi connectivity index (χ3n) is 3.92. The highest BCUT2D eigenvalue weighted by Gasteiger charge is 2.56. The van der Waals surface area contributed by atoms with Crippen molar-refractivity contribution in [3.05, 3.63) is 0 Å². The van der Waals surface area contributed by atoms with Gasteiger partial charge in [0.15, 0.2) is 0 Å². The molecule has 0 unspecified atom stereocenters. The van der Waals surface area contributed by atoms with E-state index >= 15 is 0 Å². The highest BCUT2D eigenvalue weighted by molar-refractivity contribution is 5.72. The number of amides is 1. The molecule has 0 aliphatic carbocycles. The van der Waals surface area contributed by atoms with Crippen molar-refractivity contribution < 1.29 is 25.2 Å². The molecule has 7 nitrogen and oxygen atoms in total. The summed E-state index contributed by atoms with van der Waals surface area (Å²) in [4.78, 5) is 12.7. The smallest absolute Gasteiger partial charge is 0.216 e. The van der Waals surface area contributed by atoms with Gasteiger partial charge in [-0.05, 0) is 6.42 Å². The van der Waals surface area contributed by atoms with E-state index in [1.54, 1.807) is 4.90 Å². The fraction of sp³-hybridized carbons (Fsp3) is 0.909. The third-order valence-corrected chi connectivity index (χ3v) is 3.92. The van der Waals surface area contributed by atoms with Crippen LogP contribution in [0.15, 0.2) is 0 Å². The number of hydrogen-bond donors (Lipinski definition) is 5. The van der Waals surface area contributed by atoms with E-state index in [4.69, 9.17) is 0 Å². The fourth-order valence-electron chi connectivity index (χ4n) is 3.13. The van der Waals surface area contributed by atoms with E-state index in [-0.39, 0.29) is 25.1 Å². The lowest BCUT2D eigenvalue weighted by atomic mass is 10.0. The molecule has 0 spiro atoms. The maximum atomic E-state index is 10.9. The minimum absolute atomic E-state index is 0.149. The molecule has 2 saturated heterocycles. The van der Waals surface area contributed by atoms with Crippen molar-refractivity contribution in [2.75, 3.05) is 13.2 Å². The summed E-state index contributed by atoms with van der Waals surface area (Å²) in [6, 6.07) is -1.35. The second kappa shape index (κ2) is 5.10. The molecule has 6 atom stereocenters. The molecule has 2 fully saturated rings. The lowest BCUT2D eigenvalue weighted by Gasteiger charge is -2.29. The van der Waals surface area contributed by atoms with Crippen LogP contribution >= 0.6 is 0 Å². The number of rotatable bonds is 3.